The fourth-order valence-corrected chi connectivity index (χ4v) is 0.187. The Morgan fingerprint density at radius 3 is 1.62 bits per heavy atom. The van der Waals surface area contributed by atoms with Gasteiger partial charge in [0.2, 0.25) is 0 Å². The Morgan fingerprint density at radius 2 is 1.62 bits per heavy atom. The predicted octanol–water partition coefficient (Wildman–Crippen LogP) is 2.64. The van der Waals surface area contributed by atoms with Crippen molar-refractivity contribution in [3.8, 4) is 0 Å². The van der Waals surface area contributed by atoms with Crippen LogP contribution in [0.1, 0.15) is 6.92 Å². The van der Waals surface area contributed by atoms with E-state index in [-0.39, 0.29) is 0 Å². The van der Waals surface area contributed by atoms with Crippen molar-refractivity contribution < 1.29 is 13.2 Å². The maximum absolute atomic E-state index is 11.7. The minimum atomic E-state index is -1.51. The summed E-state index contributed by atoms with van der Waals surface area (Å²) in [7, 11) is 0. The van der Waals surface area contributed by atoms with Gasteiger partial charge in [0, 0.05) is 0 Å². The summed E-state index contributed by atoms with van der Waals surface area (Å²) in [6, 6.07) is 0. The first-order chi connectivity index (χ1) is 3.55. The first-order valence-electron chi connectivity index (χ1n) is 1.92. The Labute approximate surface area is 45.3 Å². The molecule has 8 heavy (non-hydrogen) atoms. The molecule has 0 atom stereocenters. The molecular formula is C5H5F3. The molecule has 0 rings (SSSR count). The lowest BCUT2D eigenvalue weighted by atomic mass is 10.4. The molecule has 3 heteroatoms. The highest BCUT2D eigenvalue weighted by Gasteiger charge is 2.02. The maximum atomic E-state index is 11.7. The number of hydrogen-bond acceptors (Lipinski definition) is 0. The van der Waals surface area contributed by atoms with Gasteiger partial charge in [-0.25, -0.2) is 13.2 Å². The second kappa shape index (κ2) is 2.55. The smallest absolute Gasteiger partial charge is 0.189 e. The summed E-state index contributed by atoms with van der Waals surface area (Å²) in [5.74, 6) is -4.06. The van der Waals surface area contributed by atoms with Crippen LogP contribution in [0.4, 0.5) is 13.2 Å². The molecule has 0 aromatic carbocycles. The third-order valence-corrected chi connectivity index (χ3v) is 0.541. The summed E-state index contributed by atoms with van der Waals surface area (Å²) >= 11 is 0. The van der Waals surface area contributed by atoms with Crippen LogP contribution in [0, 0.1) is 0 Å². The number of allylic oxidation sites excluding steroid dienone is 3. The minimum Gasteiger partial charge on any atom is -0.209 e. The molecule has 0 fully saturated rings. The Bertz CT molecular complexity index is 131. The molecule has 0 spiro atoms. The molecule has 0 aliphatic heterocycles. The average Bonchev–Trinajstić information content (AvgIpc) is 1.64. The quantitative estimate of drug-likeness (QED) is 0.469. The van der Waals surface area contributed by atoms with Crippen LogP contribution in [0.15, 0.2) is 24.1 Å². The zero-order valence-corrected chi connectivity index (χ0v) is 4.34. The Morgan fingerprint density at radius 1 is 1.25 bits per heavy atom. The molecule has 0 bridgehead atoms. The number of rotatable bonds is 1. The van der Waals surface area contributed by atoms with Crippen molar-refractivity contribution in [2.45, 2.75) is 6.92 Å². The van der Waals surface area contributed by atoms with Crippen LogP contribution in [0.25, 0.3) is 0 Å². The van der Waals surface area contributed by atoms with Crippen LogP contribution in [0.3, 0.4) is 0 Å². The van der Waals surface area contributed by atoms with Gasteiger partial charge in [-0.15, -0.1) is 0 Å². The predicted molar refractivity (Wildman–Crippen MR) is 25.2 cm³/mol. The van der Waals surface area contributed by atoms with Gasteiger partial charge in [0.05, 0.1) is 0 Å². The Hall–Kier alpha value is -0.730. The van der Waals surface area contributed by atoms with Crippen LogP contribution in [-0.4, -0.2) is 0 Å². The van der Waals surface area contributed by atoms with Crippen molar-refractivity contribution in [2.24, 2.45) is 0 Å². The van der Waals surface area contributed by atoms with E-state index >= 15 is 0 Å². The van der Waals surface area contributed by atoms with E-state index < -0.39 is 17.5 Å². The van der Waals surface area contributed by atoms with Gasteiger partial charge in [-0.1, -0.05) is 6.58 Å². The average molecular weight is 122 g/mol. The molecule has 0 saturated heterocycles. The highest BCUT2D eigenvalue weighted by Crippen LogP contribution is 2.15. The van der Waals surface area contributed by atoms with Gasteiger partial charge >= 0.3 is 0 Å². The monoisotopic (exact) mass is 122 g/mol. The van der Waals surface area contributed by atoms with Crippen molar-refractivity contribution in [2.75, 3.05) is 0 Å². The Kier molecular flexibility index (Phi) is 2.31. The van der Waals surface area contributed by atoms with E-state index in [1.165, 1.54) is 0 Å². The molecule has 0 aromatic heterocycles. The highest BCUT2D eigenvalue weighted by atomic mass is 19.2. The minimum absolute atomic E-state index is 0.820. The van der Waals surface area contributed by atoms with Gasteiger partial charge in [-0.3, -0.25) is 0 Å². The molecule has 0 radical (unpaired) electrons. The van der Waals surface area contributed by atoms with E-state index in [0.29, 0.717) is 0 Å². The molecule has 0 nitrogen and oxygen atoms in total. The zero-order chi connectivity index (χ0) is 6.73. The van der Waals surface area contributed by atoms with Gasteiger partial charge < -0.3 is 0 Å². The lowest BCUT2D eigenvalue weighted by Gasteiger charge is -1.87. The fourth-order valence-electron chi connectivity index (χ4n) is 0.187. The van der Waals surface area contributed by atoms with Gasteiger partial charge in [0.15, 0.2) is 11.7 Å². The molecule has 0 saturated carbocycles. The first-order valence-corrected chi connectivity index (χ1v) is 1.92. The molecule has 0 heterocycles. The lowest BCUT2D eigenvalue weighted by Crippen LogP contribution is -1.73. The van der Waals surface area contributed by atoms with E-state index in [1.54, 1.807) is 0 Å². The fraction of sp³-hybridized carbons (Fsp3) is 0.200. The van der Waals surface area contributed by atoms with E-state index in [9.17, 15) is 13.2 Å². The molecule has 0 aromatic rings. The second-order valence-corrected chi connectivity index (χ2v) is 1.25. The normalized spacial score (nSPS) is 13.0. The molecule has 0 aliphatic rings. The highest BCUT2D eigenvalue weighted by molar-refractivity contribution is 5.16. The molecule has 0 aliphatic carbocycles. The van der Waals surface area contributed by atoms with E-state index in [2.05, 4.69) is 6.58 Å². The Balaban J connectivity index is 4.23. The largest absolute Gasteiger partial charge is 0.209 e. The molecular weight excluding hydrogens is 117 g/mol. The zero-order valence-electron chi connectivity index (χ0n) is 4.34. The third kappa shape index (κ3) is 1.82. The van der Waals surface area contributed by atoms with E-state index in [0.717, 1.165) is 6.92 Å². The van der Waals surface area contributed by atoms with Gasteiger partial charge in [0.25, 0.3) is 0 Å². The van der Waals surface area contributed by atoms with Crippen LogP contribution < -0.4 is 0 Å². The summed E-state index contributed by atoms with van der Waals surface area (Å²) in [4.78, 5) is 0. The summed E-state index contributed by atoms with van der Waals surface area (Å²) in [5.41, 5.74) is 0. The summed E-state index contributed by atoms with van der Waals surface area (Å²) in [6.07, 6.45) is 0. The molecule has 46 valence electrons. The second-order valence-electron chi connectivity index (χ2n) is 1.25. The van der Waals surface area contributed by atoms with Crippen molar-refractivity contribution in [3.05, 3.63) is 24.1 Å². The van der Waals surface area contributed by atoms with E-state index in [1.807, 2.05) is 0 Å². The maximum Gasteiger partial charge on any atom is 0.189 e. The van der Waals surface area contributed by atoms with Gasteiger partial charge in [-0.2, -0.15) is 0 Å². The topological polar surface area (TPSA) is 0 Å². The first kappa shape index (κ1) is 7.27. The van der Waals surface area contributed by atoms with Crippen LogP contribution in [0.5, 0.6) is 0 Å². The van der Waals surface area contributed by atoms with Crippen molar-refractivity contribution in [1.82, 2.24) is 0 Å². The SMILES string of the molecule is C=C(F)C(F)=C(C)F. The van der Waals surface area contributed by atoms with E-state index in [4.69, 9.17) is 0 Å². The van der Waals surface area contributed by atoms with Crippen LogP contribution in [0.2, 0.25) is 0 Å². The molecule has 0 N–H and O–H groups in total. The summed E-state index contributed by atoms with van der Waals surface area (Å²) in [5, 5.41) is 0. The van der Waals surface area contributed by atoms with Crippen molar-refractivity contribution in [1.29, 1.82) is 0 Å². The van der Waals surface area contributed by atoms with Gasteiger partial charge in [-0.05, 0) is 6.92 Å². The summed E-state index contributed by atoms with van der Waals surface area (Å²) in [6.45, 7) is 3.36. The van der Waals surface area contributed by atoms with Crippen LogP contribution in [-0.2, 0) is 0 Å². The lowest BCUT2D eigenvalue weighted by molar-refractivity contribution is 0.496. The van der Waals surface area contributed by atoms with Crippen LogP contribution >= 0.6 is 0 Å². The number of halogens is 3. The number of hydrogen-bond donors (Lipinski definition) is 0. The van der Waals surface area contributed by atoms with Crippen molar-refractivity contribution >= 4 is 0 Å². The third-order valence-electron chi connectivity index (χ3n) is 0.541. The molecule has 0 unspecified atom stereocenters. The molecule has 0 amide bonds. The van der Waals surface area contributed by atoms with Crippen molar-refractivity contribution in [3.63, 3.8) is 0 Å². The standard InChI is InChI=1S/C5H5F3/c1-3(6)5(8)4(2)7/h1H2,2H3. The summed E-state index contributed by atoms with van der Waals surface area (Å²) < 4.78 is 34.7. The van der Waals surface area contributed by atoms with Gasteiger partial charge in [0.1, 0.15) is 5.83 Å².